The molecule has 3 heterocycles. The average Bonchev–Trinajstić information content (AvgIpc) is 2.79. The second kappa shape index (κ2) is 9.19. The molecule has 9 heteroatoms. The molecule has 1 aromatic heterocycles. The zero-order chi connectivity index (χ0) is 24.6. The van der Waals surface area contributed by atoms with Gasteiger partial charge in [-0.05, 0) is 56.7 Å². The van der Waals surface area contributed by atoms with Crippen molar-refractivity contribution >= 4 is 23.5 Å². The van der Waals surface area contributed by atoms with Gasteiger partial charge in [0.2, 0.25) is 5.95 Å². The quantitative estimate of drug-likeness (QED) is 0.668. The van der Waals surface area contributed by atoms with Crippen molar-refractivity contribution in [1.82, 2.24) is 9.97 Å². The lowest BCUT2D eigenvalue weighted by Crippen LogP contribution is -2.48. The van der Waals surface area contributed by atoms with Crippen LogP contribution < -0.4 is 15.4 Å². The van der Waals surface area contributed by atoms with Gasteiger partial charge in [-0.25, -0.2) is 9.18 Å². The second-order valence-corrected chi connectivity index (χ2v) is 9.39. The first kappa shape index (κ1) is 23.9. The monoisotopic (exact) mass is 470 g/mol. The maximum absolute atomic E-state index is 15.4. The highest BCUT2D eigenvalue weighted by atomic mass is 19.1. The first-order valence-electron chi connectivity index (χ1n) is 11.8. The van der Waals surface area contributed by atoms with Crippen LogP contribution in [0.5, 0.6) is 0 Å². The van der Waals surface area contributed by atoms with E-state index in [1.54, 1.807) is 0 Å². The van der Waals surface area contributed by atoms with E-state index in [9.17, 15) is 19.5 Å². The van der Waals surface area contributed by atoms with Crippen molar-refractivity contribution in [2.45, 2.75) is 57.8 Å². The summed E-state index contributed by atoms with van der Waals surface area (Å²) in [6, 6.07) is 2.52. The Morgan fingerprint density at radius 2 is 1.94 bits per heavy atom. The van der Waals surface area contributed by atoms with Crippen LogP contribution in [0, 0.1) is 5.82 Å². The van der Waals surface area contributed by atoms with Crippen LogP contribution in [0.3, 0.4) is 0 Å². The molecular weight excluding hydrogens is 439 g/mol. The zero-order valence-corrected chi connectivity index (χ0v) is 19.9. The number of ketones is 1. The van der Waals surface area contributed by atoms with Crippen LogP contribution in [0.1, 0.15) is 66.6 Å². The molecule has 8 nitrogen and oxygen atoms in total. The Hall–Kier alpha value is -3.23. The number of halogens is 1. The Labute approximate surface area is 197 Å². The first-order valence-corrected chi connectivity index (χ1v) is 11.8. The van der Waals surface area contributed by atoms with E-state index in [4.69, 9.17) is 4.98 Å². The fourth-order valence-electron chi connectivity index (χ4n) is 5.43. The highest BCUT2D eigenvalue weighted by Crippen LogP contribution is 2.41. The molecule has 0 radical (unpaired) electrons. The van der Waals surface area contributed by atoms with Crippen LogP contribution in [-0.4, -0.2) is 53.5 Å². The molecule has 2 N–H and O–H groups in total. The minimum Gasteiger partial charge on any atom is -0.478 e. The molecule has 34 heavy (non-hydrogen) atoms. The molecule has 0 spiro atoms. The van der Waals surface area contributed by atoms with E-state index in [1.165, 1.54) is 13.0 Å². The lowest BCUT2D eigenvalue weighted by molar-refractivity contribution is -0.123. The van der Waals surface area contributed by atoms with Gasteiger partial charge >= 0.3 is 5.97 Å². The first-order chi connectivity index (χ1) is 16.2. The summed E-state index contributed by atoms with van der Waals surface area (Å²) in [6.07, 6.45) is 3.48. The number of fused-ring (bicyclic) bond motifs is 1. The molecule has 2 aliphatic heterocycles. The Kier molecular flexibility index (Phi) is 6.47. The van der Waals surface area contributed by atoms with E-state index in [2.05, 4.69) is 4.98 Å². The van der Waals surface area contributed by atoms with Crippen LogP contribution in [0.4, 0.5) is 16.2 Å². The number of aryl methyl sites for hydroxylation is 1. The number of carboxylic acid groups (broad SMARTS) is 1. The summed E-state index contributed by atoms with van der Waals surface area (Å²) in [4.78, 5) is 48.7. The van der Waals surface area contributed by atoms with E-state index >= 15 is 4.39 Å². The highest BCUT2D eigenvalue weighted by molar-refractivity contribution is 5.91. The summed E-state index contributed by atoms with van der Waals surface area (Å²) in [5.41, 5.74) is 0.283. The number of aromatic amines is 1. The zero-order valence-electron chi connectivity index (χ0n) is 19.9. The molecule has 1 saturated heterocycles. The lowest BCUT2D eigenvalue weighted by atomic mass is 9.67. The van der Waals surface area contributed by atoms with Gasteiger partial charge in [0.1, 0.15) is 17.4 Å². The van der Waals surface area contributed by atoms with Gasteiger partial charge in [0.25, 0.3) is 5.56 Å². The SMILES string of the molecule is CCCc1cc(C(=O)O)cc(F)c1C1(C(C)=O)CCN(c2nc3c(c(=O)[nH]2)CCCN3C)CC1. The molecule has 0 unspecified atom stereocenters. The molecule has 0 bridgehead atoms. The van der Waals surface area contributed by atoms with Crippen molar-refractivity contribution in [1.29, 1.82) is 0 Å². The molecule has 4 rings (SSSR count). The summed E-state index contributed by atoms with van der Waals surface area (Å²) in [6.45, 7) is 5.08. The Morgan fingerprint density at radius 3 is 2.56 bits per heavy atom. The largest absolute Gasteiger partial charge is 0.478 e. The van der Waals surface area contributed by atoms with Gasteiger partial charge in [0.05, 0.1) is 16.5 Å². The fraction of sp³-hybridized carbons (Fsp3) is 0.520. The number of piperidine rings is 1. The van der Waals surface area contributed by atoms with E-state index in [1.807, 2.05) is 23.8 Å². The normalized spacial score (nSPS) is 17.4. The van der Waals surface area contributed by atoms with E-state index in [-0.39, 0.29) is 16.9 Å². The number of Topliss-reactive ketones (excluding diaryl/α,β-unsaturated/α-hetero) is 1. The molecule has 0 atom stereocenters. The van der Waals surface area contributed by atoms with Gasteiger partial charge in [-0.1, -0.05) is 13.3 Å². The summed E-state index contributed by atoms with van der Waals surface area (Å²) in [7, 11) is 1.92. The van der Waals surface area contributed by atoms with Crippen LogP contribution in [0.15, 0.2) is 16.9 Å². The summed E-state index contributed by atoms with van der Waals surface area (Å²) < 4.78 is 15.4. The predicted octanol–water partition coefficient (Wildman–Crippen LogP) is 3.07. The molecule has 1 fully saturated rings. The van der Waals surface area contributed by atoms with Gasteiger partial charge in [-0.2, -0.15) is 4.98 Å². The summed E-state index contributed by atoms with van der Waals surface area (Å²) in [5, 5.41) is 9.38. The number of anilines is 2. The van der Waals surface area contributed by atoms with Crippen LogP contribution >= 0.6 is 0 Å². The molecule has 0 amide bonds. The summed E-state index contributed by atoms with van der Waals surface area (Å²) >= 11 is 0. The second-order valence-electron chi connectivity index (χ2n) is 9.39. The van der Waals surface area contributed by atoms with E-state index in [0.29, 0.717) is 73.7 Å². The summed E-state index contributed by atoms with van der Waals surface area (Å²) in [5.74, 6) is -0.826. The number of H-pyrrole nitrogens is 1. The lowest BCUT2D eigenvalue weighted by Gasteiger charge is -2.42. The number of hydrogen-bond acceptors (Lipinski definition) is 6. The Balaban J connectivity index is 1.69. The fourth-order valence-corrected chi connectivity index (χ4v) is 5.43. The number of aromatic nitrogens is 2. The molecule has 2 aromatic rings. The van der Waals surface area contributed by atoms with Gasteiger partial charge in [-0.15, -0.1) is 0 Å². The van der Waals surface area contributed by atoms with Crippen molar-refractivity contribution in [3.63, 3.8) is 0 Å². The minimum absolute atomic E-state index is 0.110. The number of rotatable bonds is 6. The number of nitrogens with zero attached hydrogens (tertiary/aromatic N) is 3. The van der Waals surface area contributed by atoms with E-state index in [0.717, 1.165) is 19.0 Å². The van der Waals surface area contributed by atoms with Gasteiger partial charge in [0, 0.05) is 32.2 Å². The van der Waals surface area contributed by atoms with Gasteiger partial charge in [0.15, 0.2) is 0 Å². The average molecular weight is 471 g/mol. The number of nitrogens with one attached hydrogen (secondary N) is 1. The molecule has 0 saturated carbocycles. The van der Waals surface area contributed by atoms with Crippen molar-refractivity contribution in [3.8, 4) is 0 Å². The van der Waals surface area contributed by atoms with Crippen LogP contribution in [0.2, 0.25) is 0 Å². The Bertz CT molecular complexity index is 1180. The van der Waals surface area contributed by atoms with Crippen molar-refractivity contribution in [3.05, 3.63) is 50.6 Å². The molecule has 1 aromatic carbocycles. The third-order valence-electron chi connectivity index (χ3n) is 7.27. The molecule has 2 aliphatic rings. The third-order valence-corrected chi connectivity index (χ3v) is 7.27. The van der Waals surface area contributed by atoms with Crippen LogP contribution in [-0.2, 0) is 23.1 Å². The predicted molar refractivity (Wildman–Crippen MR) is 128 cm³/mol. The molecule has 182 valence electrons. The number of carbonyl (C=O) groups is 2. The number of carboxylic acids is 1. The minimum atomic E-state index is -1.19. The number of aromatic carboxylic acids is 1. The topological polar surface area (TPSA) is 107 Å². The smallest absolute Gasteiger partial charge is 0.335 e. The highest BCUT2D eigenvalue weighted by Gasteiger charge is 2.44. The molecular formula is C25H31FN4O4. The number of benzene rings is 1. The van der Waals surface area contributed by atoms with Crippen LogP contribution in [0.25, 0.3) is 0 Å². The van der Waals surface area contributed by atoms with E-state index < -0.39 is 17.2 Å². The van der Waals surface area contributed by atoms with Gasteiger partial charge < -0.3 is 14.9 Å². The third kappa shape index (κ3) is 4.08. The Morgan fingerprint density at radius 1 is 1.24 bits per heavy atom. The van der Waals surface area contributed by atoms with Crippen molar-refractivity contribution in [2.75, 3.05) is 36.5 Å². The number of carbonyl (C=O) groups excluding carboxylic acids is 1. The van der Waals surface area contributed by atoms with Crippen molar-refractivity contribution < 1.29 is 19.1 Å². The maximum Gasteiger partial charge on any atom is 0.335 e. The molecule has 0 aliphatic carbocycles. The number of hydrogen-bond donors (Lipinski definition) is 2. The van der Waals surface area contributed by atoms with Gasteiger partial charge in [-0.3, -0.25) is 14.6 Å². The standard InChI is InChI=1S/C25H31FN4O4/c1-4-6-16-13-17(23(33)34)14-19(26)20(16)25(15(2)31)8-11-30(12-9-25)24-27-21-18(22(32)28-24)7-5-10-29(21)3/h13-14H,4-12H2,1-3H3,(H,33,34)(H,27,28,32). The van der Waals surface area contributed by atoms with Crippen molar-refractivity contribution in [2.24, 2.45) is 0 Å². The maximum atomic E-state index is 15.4.